The van der Waals surface area contributed by atoms with E-state index in [-0.39, 0.29) is 0 Å². The molecular weight excluding hydrogens is 306 g/mol. The van der Waals surface area contributed by atoms with E-state index in [9.17, 15) is 0 Å². The monoisotopic (exact) mass is 331 g/mol. The molecule has 0 unspecified atom stereocenters. The first-order chi connectivity index (χ1) is 11.2. The van der Waals surface area contributed by atoms with Gasteiger partial charge in [0.05, 0.1) is 10.7 Å². The Bertz CT molecular complexity index is 621. The van der Waals surface area contributed by atoms with Crippen LogP contribution in [0.2, 0.25) is 0 Å². The van der Waals surface area contributed by atoms with Gasteiger partial charge in [-0.25, -0.2) is 4.98 Å². The number of thiazole rings is 1. The largest absolute Gasteiger partial charge is 0.356 e. The van der Waals surface area contributed by atoms with Crippen molar-refractivity contribution in [1.29, 1.82) is 0 Å². The highest BCUT2D eigenvalue weighted by molar-refractivity contribution is 7.11. The second-order valence-electron chi connectivity index (χ2n) is 5.21. The van der Waals surface area contributed by atoms with Gasteiger partial charge in [0.25, 0.3) is 0 Å². The van der Waals surface area contributed by atoms with E-state index < -0.39 is 0 Å². The van der Waals surface area contributed by atoms with Gasteiger partial charge in [-0.2, -0.15) is 0 Å². The van der Waals surface area contributed by atoms with Crippen LogP contribution in [0.3, 0.4) is 0 Å². The summed E-state index contributed by atoms with van der Waals surface area (Å²) in [4.78, 5) is 14.6. The molecule has 23 heavy (non-hydrogen) atoms. The van der Waals surface area contributed by atoms with Crippen LogP contribution in [0, 0.1) is 6.92 Å². The molecule has 0 fully saturated rings. The Balaban J connectivity index is 1.70. The van der Waals surface area contributed by atoms with Crippen LogP contribution < -0.4 is 10.6 Å². The molecule has 0 atom stereocenters. The minimum Gasteiger partial charge on any atom is -0.356 e. The lowest BCUT2D eigenvalue weighted by molar-refractivity contribution is 0.773. The Morgan fingerprint density at radius 3 is 2.61 bits per heavy atom. The third kappa shape index (κ3) is 5.63. The Kier molecular flexibility index (Phi) is 7.00. The molecule has 124 valence electrons. The van der Waals surface area contributed by atoms with E-state index >= 15 is 0 Å². The molecule has 0 bridgehead atoms. The number of aryl methyl sites for hydroxylation is 2. The average Bonchev–Trinajstić information content (AvgIpc) is 2.94. The number of aliphatic imine (C=N–C) groups is 1. The fourth-order valence-electron chi connectivity index (χ4n) is 2.29. The minimum atomic E-state index is 0.813. The quantitative estimate of drug-likeness (QED) is 0.604. The van der Waals surface area contributed by atoms with Crippen molar-refractivity contribution in [3.8, 4) is 0 Å². The van der Waals surface area contributed by atoms with Crippen molar-refractivity contribution in [3.05, 3.63) is 45.7 Å². The summed E-state index contributed by atoms with van der Waals surface area (Å²) in [5, 5.41) is 7.84. The third-order valence-electron chi connectivity index (χ3n) is 3.53. The molecule has 0 saturated carbocycles. The van der Waals surface area contributed by atoms with Crippen molar-refractivity contribution >= 4 is 17.3 Å². The zero-order valence-corrected chi connectivity index (χ0v) is 14.9. The molecule has 0 spiro atoms. The van der Waals surface area contributed by atoms with Crippen molar-refractivity contribution in [3.63, 3.8) is 0 Å². The molecule has 2 aromatic heterocycles. The molecule has 0 saturated heterocycles. The van der Waals surface area contributed by atoms with Crippen LogP contribution in [0.4, 0.5) is 0 Å². The molecule has 0 amide bonds. The van der Waals surface area contributed by atoms with Gasteiger partial charge in [-0.05, 0) is 25.5 Å². The average molecular weight is 331 g/mol. The topological polar surface area (TPSA) is 62.2 Å². The maximum atomic E-state index is 4.66. The van der Waals surface area contributed by atoms with Crippen molar-refractivity contribution in [2.75, 3.05) is 20.1 Å². The first-order valence-corrected chi connectivity index (χ1v) is 8.84. The highest BCUT2D eigenvalue weighted by Crippen LogP contribution is 2.17. The van der Waals surface area contributed by atoms with E-state index in [1.54, 1.807) is 18.4 Å². The normalized spacial score (nSPS) is 11.5. The molecule has 2 heterocycles. The van der Waals surface area contributed by atoms with Gasteiger partial charge >= 0.3 is 0 Å². The lowest BCUT2D eigenvalue weighted by Crippen LogP contribution is -2.39. The highest BCUT2D eigenvalue weighted by Gasteiger charge is 2.06. The fraction of sp³-hybridized carbons (Fsp3) is 0.471. The number of guanidine groups is 1. The smallest absolute Gasteiger partial charge is 0.191 e. The Labute approximate surface area is 142 Å². The molecule has 0 aliphatic rings. The van der Waals surface area contributed by atoms with Crippen molar-refractivity contribution in [2.45, 2.75) is 33.1 Å². The maximum Gasteiger partial charge on any atom is 0.191 e. The van der Waals surface area contributed by atoms with Gasteiger partial charge < -0.3 is 10.6 Å². The molecule has 0 aliphatic carbocycles. The second-order valence-corrected chi connectivity index (χ2v) is 6.50. The SMILES string of the molecule is CCc1nc(CCNC(=NC)NCCc2ccccn2)sc1C. The number of hydrogen-bond donors (Lipinski definition) is 2. The highest BCUT2D eigenvalue weighted by atomic mass is 32.1. The number of nitrogens with zero attached hydrogens (tertiary/aromatic N) is 3. The summed E-state index contributed by atoms with van der Waals surface area (Å²) in [6.45, 7) is 5.94. The summed E-state index contributed by atoms with van der Waals surface area (Å²) in [6, 6.07) is 5.98. The van der Waals surface area contributed by atoms with Crippen LogP contribution in [0.1, 0.15) is 28.2 Å². The van der Waals surface area contributed by atoms with E-state index in [4.69, 9.17) is 0 Å². The van der Waals surface area contributed by atoms with Crippen LogP contribution >= 0.6 is 11.3 Å². The van der Waals surface area contributed by atoms with E-state index in [1.807, 2.05) is 24.4 Å². The van der Waals surface area contributed by atoms with Gasteiger partial charge in [0.1, 0.15) is 0 Å². The molecule has 2 aromatic rings. The summed E-state index contributed by atoms with van der Waals surface area (Å²) in [6.07, 6.45) is 4.63. The van der Waals surface area contributed by atoms with Crippen LogP contribution in [0.25, 0.3) is 0 Å². The Hall–Kier alpha value is -1.95. The minimum absolute atomic E-state index is 0.813. The summed E-state index contributed by atoms with van der Waals surface area (Å²) in [5.74, 6) is 0.824. The fourth-order valence-corrected chi connectivity index (χ4v) is 3.31. The zero-order valence-electron chi connectivity index (χ0n) is 14.1. The molecule has 2 N–H and O–H groups in total. The van der Waals surface area contributed by atoms with E-state index in [2.05, 4.69) is 39.4 Å². The lowest BCUT2D eigenvalue weighted by Gasteiger charge is -2.11. The van der Waals surface area contributed by atoms with Gasteiger partial charge in [-0.3, -0.25) is 9.98 Å². The first-order valence-electron chi connectivity index (χ1n) is 8.02. The van der Waals surface area contributed by atoms with Crippen molar-refractivity contribution in [1.82, 2.24) is 20.6 Å². The summed E-state index contributed by atoms with van der Waals surface area (Å²) < 4.78 is 0. The summed E-state index contributed by atoms with van der Waals surface area (Å²) >= 11 is 1.79. The second kappa shape index (κ2) is 9.25. The molecule has 6 heteroatoms. The van der Waals surface area contributed by atoms with Gasteiger partial charge in [0.2, 0.25) is 0 Å². The first kappa shape index (κ1) is 17.4. The molecule has 2 rings (SSSR count). The van der Waals surface area contributed by atoms with Gasteiger partial charge in [-0.1, -0.05) is 13.0 Å². The third-order valence-corrected chi connectivity index (χ3v) is 4.60. The number of pyridine rings is 1. The van der Waals surface area contributed by atoms with Crippen LogP contribution in [0.5, 0.6) is 0 Å². The number of nitrogens with one attached hydrogen (secondary N) is 2. The summed E-state index contributed by atoms with van der Waals surface area (Å²) in [7, 11) is 1.79. The standard InChI is InChI=1S/C17H25N5S/c1-4-15-13(2)23-16(22-15)9-12-21-17(18-3)20-11-8-14-7-5-6-10-19-14/h5-7,10H,4,8-9,11-12H2,1-3H3,(H2,18,20,21). The van der Waals surface area contributed by atoms with Crippen LogP contribution in [-0.2, 0) is 19.3 Å². The maximum absolute atomic E-state index is 4.66. The van der Waals surface area contributed by atoms with Gasteiger partial charge in [-0.15, -0.1) is 11.3 Å². The molecule has 0 aliphatic heterocycles. The predicted molar refractivity (Wildman–Crippen MR) is 97.2 cm³/mol. The number of hydrogen-bond acceptors (Lipinski definition) is 4. The Morgan fingerprint density at radius 1 is 1.22 bits per heavy atom. The molecule has 0 aromatic carbocycles. The predicted octanol–water partition coefficient (Wildman–Crippen LogP) is 2.36. The van der Waals surface area contributed by atoms with E-state index in [0.717, 1.165) is 44.0 Å². The van der Waals surface area contributed by atoms with Crippen molar-refractivity contribution in [2.24, 2.45) is 4.99 Å². The van der Waals surface area contributed by atoms with E-state index in [0.29, 0.717) is 0 Å². The van der Waals surface area contributed by atoms with E-state index in [1.165, 1.54) is 15.6 Å². The van der Waals surface area contributed by atoms with Gasteiger partial charge in [0, 0.05) is 49.7 Å². The van der Waals surface area contributed by atoms with Crippen LogP contribution in [-0.4, -0.2) is 36.1 Å². The molecular formula is C17H25N5S. The van der Waals surface area contributed by atoms with Crippen LogP contribution in [0.15, 0.2) is 29.4 Å². The Morgan fingerprint density at radius 2 is 2.00 bits per heavy atom. The van der Waals surface area contributed by atoms with Gasteiger partial charge in [0.15, 0.2) is 5.96 Å². The molecule has 5 nitrogen and oxygen atoms in total. The lowest BCUT2D eigenvalue weighted by atomic mass is 10.3. The number of rotatable bonds is 7. The number of aromatic nitrogens is 2. The summed E-state index contributed by atoms with van der Waals surface area (Å²) in [5.41, 5.74) is 2.31. The molecule has 0 radical (unpaired) electrons. The zero-order chi connectivity index (χ0) is 16.5. The van der Waals surface area contributed by atoms with Crippen molar-refractivity contribution < 1.29 is 0 Å².